The zero-order valence-corrected chi connectivity index (χ0v) is 26.5. The average molecular weight is 606 g/mol. The third kappa shape index (κ3) is 9.29. The lowest BCUT2D eigenvalue weighted by atomic mass is 9.84. The molecule has 2 aromatic rings. The lowest BCUT2D eigenvalue weighted by Crippen LogP contribution is -2.62. The Hall–Kier alpha value is -3.43. The third-order valence-corrected chi connectivity index (χ3v) is 9.05. The predicted molar refractivity (Wildman–Crippen MR) is 174 cm³/mol. The van der Waals surface area contributed by atoms with Gasteiger partial charge >= 0.3 is 6.09 Å². The highest BCUT2D eigenvalue weighted by atomic mass is 16.4. The summed E-state index contributed by atoms with van der Waals surface area (Å²) in [6, 6.07) is 16.8. The molecule has 3 amide bonds. The zero-order chi connectivity index (χ0) is 31.3. The third-order valence-electron chi connectivity index (χ3n) is 9.05. The van der Waals surface area contributed by atoms with E-state index >= 15 is 0 Å². The molecule has 3 atom stereocenters. The molecule has 9 heteroatoms. The topological polar surface area (TPSA) is 114 Å². The summed E-state index contributed by atoms with van der Waals surface area (Å²) >= 11 is 0. The van der Waals surface area contributed by atoms with Gasteiger partial charge in [-0.2, -0.15) is 0 Å². The standard InChI is InChI=1S/C35H51N5O4/c1-3-19-39(20-4-2)34(42)28-15-11-14-27(23-28)33(41)38-31(22-26-12-7-5-8-13-26)30(24-37-29-16-9-6-10-17-29)32-25-36-18-21-40(32)35(43)44/h5,7-8,11-15,23,29-32,36-37H,3-4,6,9-10,16-22,24-25H2,1-2H3,(H,38,41)(H,43,44)/t30-,31?,32-/m1/s1. The molecule has 4 rings (SSSR count). The van der Waals surface area contributed by atoms with Crippen LogP contribution in [0, 0.1) is 5.92 Å². The van der Waals surface area contributed by atoms with Crippen molar-refractivity contribution in [2.45, 2.75) is 83.3 Å². The van der Waals surface area contributed by atoms with E-state index in [1.807, 2.05) is 35.2 Å². The SMILES string of the molecule is CCCN(CCC)C(=O)c1cccc(C(=O)NC(Cc2ccccc2)[C@@H](CNC2CCCCC2)[C@H]2CNCCN2C(=O)O)c1. The normalized spacial score (nSPS) is 18.8. The molecule has 2 aliphatic rings. The highest BCUT2D eigenvalue weighted by Crippen LogP contribution is 2.24. The Bertz CT molecular complexity index is 1200. The van der Waals surface area contributed by atoms with Gasteiger partial charge in [0.2, 0.25) is 0 Å². The molecule has 44 heavy (non-hydrogen) atoms. The number of nitrogens with one attached hydrogen (secondary N) is 3. The highest BCUT2D eigenvalue weighted by molar-refractivity contribution is 5.99. The molecule has 0 bridgehead atoms. The van der Waals surface area contributed by atoms with Crippen LogP contribution in [0.5, 0.6) is 0 Å². The predicted octanol–water partition coefficient (Wildman–Crippen LogP) is 4.78. The van der Waals surface area contributed by atoms with E-state index in [4.69, 9.17) is 0 Å². The van der Waals surface area contributed by atoms with Gasteiger partial charge in [-0.05, 0) is 55.9 Å². The van der Waals surface area contributed by atoms with E-state index in [0.29, 0.717) is 62.9 Å². The summed E-state index contributed by atoms with van der Waals surface area (Å²) in [4.78, 5) is 43.1. The minimum Gasteiger partial charge on any atom is -0.465 e. The molecule has 2 fully saturated rings. The number of amides is 3. The average Bonchev–Trinajstić information content (AvgIpc) is 3.05. The maximum Gasteiger partial charge on any atom is 0.407 e. The molecular weight excluding hydrogens is 554 g/mol. The van der Waals surface area contributed by atoms with Crippen molar-refractivity contribution in [1.82, 2.24) is 25.8 Å². The first-order chi connectivity index (χ1) is 21.4. The first kappa shape index (κ1) is 33.5. The van der Waals surface area contributed by atoms with Crippen molar-refractivity contribution in [1.29, 1.82) is 0 Å². The molecule has 1 aliphatic heterocycles. The summed E-state index contributed by atoms with van der Waals surface area (Å²) in [5.74, 6) is -0.505. The number of piperazine rings is 1. The van der Waals surface area contributed by atoms with Crippen LogP contribution in [0.3, 0.4) is 0 Å². The van der Waals surface area contributed by atoms with Crippen molar-refractivity contribution < 1.29 is 19.5 Å². The summed E-state index contributed by atoms with van der Waals surface area (Å²) in [6.45, 7) is 7.59. The molecule has 1 heterocycles. The van der Waals surface area contributed by atoms with Crippen molar-refractivity contribution in [2.24, 2.45) is 5.92 Å². The second kappa shape index (κ2) is 17.2. The van der Waals surface area contributed by atoms with Crippen molar-refractivity contribution in [2.75, 3.05) is 39.3 Å². The molecule has 1 aliphatic carbocycles. The van der Waals surface area contributed by atoms with Gasteiger partial charge in [0, 0.05) is 68.4 Å². The van der Waals surface area contributed by atoms with E-state index in [1.165, 1.54) is 19.3 Å². The van der Waals surface area contributed by atoms with Crippen LogP contribution in [-0.2, 0) is 6.42 Å². The fraction of sp³-hybridized carbons (Fsp3) is 0.571. The Kier molecular flexibility index (Phi) is 13.1. The molecule has 0 aromatic heterocycles. The Labute approximate surface area is 262 Å². The number of rotatable bonds is 14. The maximum absolute atomic E-state index is 13.9. The summed E-state index contributed by atoms with van der Waals surface area (Å²) in [5.41, 5.74) is 2.01. The summed E-state index contributed by atoms with van der Waals surface area (Å²) in [7, 11) is 0. The van der Waals surface area contributed by atoms with E-state index < -0.39 is 6.09 Å². The monoisotopic (exact) mass is 605 g/mol. The van der Waals surface area contributed by atoms with Gasteiger partial charge in [0.15, 0.2) is 0 Å². The Balaban J connectivity index is 1.63. The van der Waals surface area contributed by atoms with Crippen LogP contribution >= 0.6 is 0 Å². The molecule has 9 nitrogen and oxygen atoms in total. The summed E-state index contributed by atoms with van der Waals surface area (Å²) in [5, 5.41) is 20.7. The van der Waals surface area contributed by atoms with Gasteiger partial charge in [0.1, 0.15) is 0 Å². The van der Waals surface area contributed by atoms with Gasteiger partial charge in [-0.15, -0.1) is 0 Å². The quantitative estimate of drug-likeness (QED) is 0.247. The van der Waals surface area contributed by atoms with Crippen LogP contribution in [-0.4, -0.2) is 90.2 Å². The Morgan fingerprint density at radius 1 is 0.977 bits per heavy atom. The smallest absolute Gasteiger partial charge is 0.407 e. The van der Waals surface area contributed by atoms with Crippen LogP contribution < -0.4 is 16.0 Å². The van der Waals surface area contributed by atoms with Gasteiger partial charge in [-0.3, -0.25) is 9.59 Å². The fourth-order valence-electron chi connectivity index (χ4n) is 6.76. The van der Waals surface area contributed by atoms with Crippen LogP contribution in [0.15, 0.2) is 54.6 Å². The summed E-state index contributed by atoms with van der Waals surface area (Å²) in [6.07, 6.45) is 7.24. The Morgan fingerprint density at radius 2 is 1.68 bits per heavy atom. The van der Waals surface area contributed by atoms with E-state index in [2.05, 4.69) is 29.8 Å². The minimum absolute atomic E-state index is 0.0656. The van der Waals surface area contributed by atoms with Crippen molar-refractivity contribution in [3.63, 3.8) is 0 Å². The molecule has 1 saturated heterocycles. The van der Waals surface area contributed by atoms with Gasteiger partial charge in [0.25, 0.3) is 11.8 Å². The number of benzene rings is 2. The van der Waals surface area contributed by atoms with Crippen LogP contribution in [0.2, 0.25) is 0 Å². The van der Waals surface area contributed by atoms with E-state index in [0.717, 1.165) is 31.2 Å². The first-order valence-corrected chi connectivity index (χ1v) is 16.6. The molecule has 1 saturated carbocycles. The second-order valence-electron chi connectivity index (χ2n) is 12.3. The molecule has 0 radical (unpaired) electrons. The van der Waals surface area contributed by atoms with E-state index in [-0.39, 0.29) is 29.8 Å². The van der Waals surface area contributed by atoms with Gasteiger partial charge in [-0.25, -0.2) is 4.79 Å². The molecule has 2 aromatic carbocycles. The van der Waals surface area contributed by atoms with Crippen LogP contribution in [0.25, 0.3) is 0 Å². The second-order valence-corrected chi connectivity index (χ2v) is 12.3. The number of carbonyl (C=O) groups is 3. The van der Waals surface area contributed by atoms with Gasteiger partial charge in [-0.1, -0.05) is 69.5 Å². The van der Waals surface area contributed by atoms with Crippen molar-refractivity contribution in [3.8, 4) is 0 Å². The number of carbonyl (C=O) groups excluding carboxylic acids is 2. The van der Waals surface area contributed by atoms with Gasteiger partial charge in [0.05, 0.1) is 6.04 Å². The molecule has 240 valence electrons. The number of carboxylic acid groups (broad SMARTS) is 1. The first-order valence-electron chi connectivity index (χ1n) is 16.6. The van der Waals surface area contributed by atoms with Gasteiger partial charge < -0.3 is 30.9 Å². The maximum atomic E-state index is 13.9. The number of hydrogen-bond donors (Lipinski definition) is 4. The molecule has 0 spiro atoms. The van der Waals surface area contributed by atoms with E-state index in [1.54, 1.807) is 29.2 Å². The highest BCUT2D eigenvalue weighted by Gasteiger charge is 2.38. The fourth-order valence-corrected chi connectivity index (χ4v) is 6.76. The van der Waals surface area contributed by atoms with Crippen LogP contribution in [0.1, 0.15) is 85.1 Å². The lowest BCUT2D eigenvalue weighted by molar-refractivity contribution is 0.0716. The Morgan fingerprint density at radius 3 is 2.36 bits per heavy atom. The largest absolute Gasteiger partial charge is 0.465 e. The molecule has 1 unspecified atom stereocenters. The minimum atomic E-state index is -0.932. The number of nitrogens with zero attached hydrogens (tertiary/aromatic N) is 2. The van der Waals surface area contributed by atoms with Crippen molar-refractivity contribution in [3.05, 3.63) is 71.3 Å². The van der Waals surface area contributed by atoms with Crippen molar-refractivity contribution >= 4 is 17.9 Å². The number of hydrogen-bond acceptors (Lipinski definition) is 5. The van der Waals surface area contributed by atoms with Crippen LogP contribution in [0.4, 0.5) is 4.79 Å². The molecule has 4 N–H and O–H groups in total. The molecular formula is C35H51N5O4. The van der Waals surface area contributed by atoms with E-state index in [9.17, 15) is 19.5 Å². The summed E-state index contributed by atoms with van der Waals surface area (Å²) < 4.78 is 0. The zero-order valence-electron chi connectivity index (χ0n) is 26.5. The lowest BCUT2D eigenvalue weighted by Gasteiger charge is -2.43.